The monoisotopic (exact) mass is 192 g/mol. The van der Waals surface area contributed by atoms with Crippen LogP contribution in [-0.4, -0.2) is 0 Å². The van der Waals surface area contributed by atoms with Crippen LogP contribution >= 0.6 is 0 Å². The van der Waals surface area contributed by atoms with E-state index in [0.29, 0.717) is 11.3 Å². The first-order valence-corrected chi connectivity index (χ1v) is 5.42. The van der Waals surface area contributed by atoms with Gasteiger partial charge >= 0.3 is 0 Å². The molecule has 0 bridgehead atoms. The molecule has 0 nitrogen and oxygen atoms in total. The van der Waals surface area contributed by atoms with Crippen molar-refractivity contribution in [1.82, 2.24) is 0 Å². The summed E-state index contributed by atoms with van der Waals surface area (Å²) in [6.07, 6.45) is 9.47. The predicted molar refractivity (Wildman–Crippen MR) is 66.3 cm³/mol. The average Bonchev–Trinajstić information content (AvgIpc) is 2.03. The standard InChI is InChI=1S/C14H24/c1-7-10-12(11-8-2)13(9-3)14(4,5)6/h7-8,10-11,13H,1,9H2,2-6H3/b11-8-,12-10+. The molecule has 14 heavy (non-hydrogen) atoms. The quantitative estimate of drug-likeness (QED) is 0.564. The van der Waals surface area contributed by atoms with Crippen LogP contribution in [0.15, 0.2) is 36.5 Å². The maximum atomic E-state index is 3.77. The summed E-state index contributed by atoms with van der Waals surface area (Å²) in [7, 11) is 0. The van der Waals surface area contributed by atoms with Crippen molar-refractivity contribution in [3.63, 3.8) is 0 Å². The SMILES string of the molecule is C=C/C=C(\C=C/C)C(CC)C(C)(C)C. The van der Waals surface area contributed by atoms with Gasteiger partial charge in [0.15, 0.2) is 0 Å². The molecule has 0 aromatic rings. The number of hydrogen-bond acceptors (Lipinski definition) is 0. The Labute approximate surface area is 89.4 Å². The summed E-state index contributed by atoms with van der Waals surface area (Å²) in [5, 5.41) is 0. The zero-order valence-electron chi connectivity index (χ0n) is 10.3. The van der Waals surface area contributed by atoms with Gasteiger partial charge in [0.1, 0.15) is 0 Å². The Bertz CT molecular complexity index is 223. The third-order valence-corrected chi connectivity index (χ3v) is 2.53. The Kier molecular flexibility index (Phi) is 5.52. The van der Waals surface area contributed by atoms with Gasteiger partial charge in [-0.2, -0.15) is 0 Å². The molecular weight excluding hydrogens is 168 g/mol. The highest BCUT2D eigenvalue weighted by atomic mass is 14.3. The van der Waals surface area contributed by atoms with E-state index in [9.17, 15) is 0 Å². The van der Waals surface area contributed by atoms with Gasteiger partial charge in [-0.3, -0.25) is 0 Å². The molecule has 0 aliphatic rings. The molecule has 0 saturated carbocycles. The molecule has 0 aliphatic carbocycles. The zero-order chi connectivity index (χ0) is 11.2. The topological polar surface area (TPSA) is 0 Å². The van der Waals surface area contributed by atoms with E-state index in [4.69, 9.17) is 0 Å². The summed E-state index contributed by atoms with van der Waals surface area (Å²) in [6, 6.07) is 0. The summed E-state index contributed by atoms with van der Waals surface area (Å²) in [5.41, 5.74) is 1.71. The van der Waals surface area contributed by atoms with Gasteiger partial charge in [-0.15, -0.1) is 0 Å². The van der Waals surface area contributed by atoms with Crippen molar-refractivity contribution in [1.29, 1.82) is 0 Å². The van der Waals surface area contributed by atoms with Crippen LogP contribution < -0.4 is 0 Å². The highest BCUT2D eigenvalue weighted by molar-refractivity contribution is 5.26. The van der Waals surface area contributed by atoms with Crippen LogP contribution in [0.25, 0.3) is 0 Å². The Morgan fingerprint density at radius 1 is 1.36 bits per heavy atom. The molecule has 0 aromatic heterocycles. The second-order valence-corrected chi connectivity index (χ2v) is 4.73. The summed E-state index contributed by atoms with van der Waals surface area (Å²) in [5.74, 6) is 0.608. The first-order valence-electron chi connectivity index (χ1n) is 5.42. The fourth-order valence-electron chi connectivity index (χ4n) is 1.96. The Balaban J connectivity index is 4.96. The average molecular weight is 192 g/mol. The normalized spacial score (nSPS) is 15.9. The first kappa shape index (κ1) is 13.2. The fraction of sp³-hybridized carbons (Fsp3) is 0.571. The van der Waals surface area contributed by atoms with Crippen LogP contribution in [0.4, 0.5) is 0 Å². The van der Waals surface area contributed by atoms with Crippen LogP contribution in [0.1, 0.15) is 41.0 Å². The predicted octanol–water partition coefficient (Wildman–Crippen LogP) is 4.75. The Hall–Kier alpha value is -0.780. The molecule has 0 N–H and O–H groups in total. The van der Waals surface area contributed by atoms with E-state index in [1.165, 1.54) is 12.0 Å². The maximum Gasteiger partial charge on any atom is -0.0116 e. The Morgan fingerprint density at radius 3 is 2.21 bits per heavy atom. The molecule has 1 unspecified atom stereocenters. The first-order chi connectivity index (χ1) is 6.47. The lowest BCUT2D eigenvalue weighted by atomic mass is 9.74. The fourth-order valence-corrected chi connectivity index (χ4v) is 1.96. The summed E-state index contributed by atoms with van der Waals surface area (Å²) < 4.78 is 0. The van der Waals surface area contributed by atoms with E-state index in [-0.39, 0.29) is 0 Å². The van der Waals surface area contributed by atoms with Crippen LogP contribution in [0, 0.1) is 11.3 Å². The number of allylic oxidation sites excluding steroid dienone is 5. The molecule has 0 radical (unpaired) electrons. The maximum absolute atomic E-state index is 3.77. The number of hydrogen-bond donors (Lipinski definition) is 0. The van der Waals surface area contributed by atoms with Crippen molar-refractivity contribution < 1.29 is 0 Å². The summed E-state index contributed by atoms with van der Waals surface area (Å²) in [6.45, 7) is 15.0. The van der Waals surface area contributed by atoms with Gasteiger partial charge in [0.2, 0.25) is 0 Å². The molecule has 0 heterocycles. The summed E-state index contributed by atoms with van der Waals surface area (Å²) >= 11 is 0. The summed E-state index contributed by atoms with van der Waals surface area (Å²) in [4.78, 5) is 0. The molecule has 0 aliphatic heterocycles. The zero-order valence-corrected chi connectivity index (χ0v) is 10.3. The van der Waals surface area contributed by atoms with E-state index in [1.54, 1.807) is 0 Å². The smallest absolute Gasteiger partial charge is 0.0116 e. The van der Waals surface area contributed by atoms with Crippen molar-refractivity contribution in [2.75, 3.05) is 0 Å². The molecule has 0 spiro atoms. The van der Waals surface area contributed by atoms with Crippen LogP contribution in [0.2, 0.25) is 0 Å². The Morgan fingerprint density at radius 2 is 1.93 bits per heavy atom. The van der Waals surface area contributed by atoms with E-state index in [0.717, 1.165) is 0 Å². The lowest BCUT2D eigenvalue weighted by molar-refractivity contribution is 0.276. The van der Waals surface area contributed by atoms with Gasteiger partial charge in [0.25, 0.3) is 0 Å². The van der Waals surface area contributed by atoms with Crippen LogP contribution in [0.3, 0.4) is 0 Å². The number of rotatable bonds is 4. The van der Waals surface area contributed by atoms with Crippen molar-refractivity contribution in [2.45, 2.75) is 41.0 Å². The van der Waals surface area contributed by atoms with Gasteiger partial charge in [0, 0.05) is 0 Å². The van der Waals surface area contributed by atoms with Crippen molar-refractivity contribution in [2.24, 2.45) is 11.3 Å². The third-order valence-electron chi connectivity index (χ3n) is 2.53. The van der Waals surface area contributed by atoms with E-state index < -0.39 is 0 Å². The van der Waals surface area contributed by atoms with Gasteiger partial charge in [0.05, 0.1) is 0 Å². The molecular formula is C14H24. The molecule has 0 aromatic carbocycles. The molecule has 0 saturated heterocycles. The van der Waals surface area contributed by atoms with Gasteiger partial charge in [-0.05, 0) is 30.3 Å². The van der Waals surface area contributed by atoms with E-state index >= 15 is 0 Å². The molecule has 0 heteroatoms. The highest BCUT2D eigenvalue weighted by Crippen LogP contribution is 2.35. The highest BCUT2D eigenvalue weighted by Gasteiger charge is 2.24. The lowest BCUT2D eigenvalue weighted by Crippen LogP contribution is -2.21. The van der Waals surface area contributed by atoms with Gasteiger partial charge in [-0.1, -0.05) is 58.6 Å². The molecule has 0 amide bonds. The van der Waals surface area contributed by atoms with Crippen LogP contribution in [-0.2, 0) is 0 Å². The van der Waals surface area contributed by atoms with Crippen molar-refractivity contribution in [3.05, 3.63) is 36.5 Å². The largest absolute Gasteiger partial charge is 0.0991 e. The van der Waals surface area contributed by atoms with E-state index in [1.807, 2.05) is 6.08 Å². The third kappa shape index (κ3) is 3.95. The molecule has 0 rings (SSSR count). The second kappa shape index (κ2) is 5.85. The van der Waals surface area contributed by atoms with E-state index in [2.05, 4.69) is 59.4 Å². The molecule has 1 atom stereocenters. The lowest BCUT2D eigenvalue weighted by Gasteiger charge is -2.31. The minimum atomic E-state index is 0.323. The van der Waals surface area contributed by atoms with Crippen LogP contribution in [0.5, 0.6) is 0 Å². The molecule has 80 valence electrons. The minimum absolute atomic E-state index is 0.323. The van der Waals surface area contributed by atoms with Crippen molar-refractivity contribution >= 4 is 0 Å². The van der Waals surface area contributed by atoms with Gasteiger partial charge in [-0.25, -0.2) is 0 Å². The van der Waals surface area contributed by atoms with Crippen molar-refractivity contribution in [3.8, 4) is 0 Å². The minimum Gasteiger partial charge on any atom is -0.0991 e. The second-order valence-electron chi connectivity index (χ2n) is 4.73. The molecule has 0 fully saturated rings. The van der Waals surface area contributed by atoms with Gasteiger partial charge < -0.3 is 0 Å².